The third kappa shape index (κ3) is 5.10. The van der Waals surface area contributed by atoms with E-state index in [1.807, 2.05) is 19.9 Å². The van der Waals surface area contributed by atoms with E-state index in [-0.39, 0.29) is 5.57 Å². The van der Waals surface area contributed by atoms with Gasteiger partial charge in [-0.2, -0.15) is 5.26 Å². The molecule has 1 amide bonds. The highest BCUT2D eigenvalue weighted by molar-refractivity contribution is 9.11. The Kier molecular flexibility index (Phi) is 7.27. The zero-order valence-corrected chi connectivity index (χ0v) is 18.0. The second kappa shape index (κ2) is 9.22. The lowest BCUT2D eigenvalue weighted by Crippen LogP contribution is -2.14. The summed E-state index contributed by atoms with van der Waals surface area (Å²) in [7, 11) is 0. The number of nitriles is 1. The first-order chi connectivity index (χ1) is 12.3. The normalized spacial score (nSPS) is 11.0. The number of hydrogen-bond acceptors (Lipinski definition) is 3. The molecule has 0 atom stereocenters. The van der Waals surface area contributed by atoms with Crippen LogP contribution in [0.3, 0.4) is 0 Å². The van der Waals surface area contributed by atoms with Crippen LogP contribution in [0.4, 0.5) is 5.69 Å². The van der Waals surface area contributed by atoms with Crippen molar-refractivity contribution >= 4 is 61.1 Å². The van der Waals surface area contributed by atoms with Crippen LogP contribution in [0.2, 0.25) is 5.02 Å². The summed E-state index contributed by atoms with van der Waals surface area (Å²) >= 11 is 12.8. The van der Waals surface area contributed by atoms with Gasteiger partial charge in [0.15, 0.2) is 0 Å². The van der Waals surface area contributed by atoms with Crippen molar-refractivity contribution in [2.24, 2.45) is 0 Å². The highest BCUT2D eigenvalue weighted by Crippen LogP contribution is 2.35. The number of amides is 1. The van der Waals surface area contributed by atoms with Crippen molar-refractivity contribution in [3.05, 3.63) is 61.0 Å². The third-order valence-corrected chi connectivity index (χ3v) is 4.85. The Hall–Kier alpha value is -1.81. The number of nitrogens with zero attached hydrogens (tertiary/aromatic N) is 1. The molecule has 134 valence electrons. The minimum atomic E-state index is -0.501. The van der Waals surface area contributed by atoms with Gasteiger partial charge in [-0.3, -0.25) is 4.79 Å². The molecule has 0 aliphatic carbocycles. The van der Waals surface area contributed by atoms with Gasteiger partial charge >= 0.3 is 0 Å². The molecule has 2 rings (SSSR count). The number of anilines is 1. The Morgan fingerprint density at radius 3 is 2.54 bits per heavy atom. The van der Waals surface area contributed by atoms with Crippen molar-refractivity contribution < 1.29 is 9.53 Å². The number of aryl methyl sites for hydroxylation is 1. The molecule has 0 saturated heterocycles. The van der Waals surface area contributed by atoms with Crippen LogP contribution in [0.5, 0.6) is 5.75 Å². The average Bonchev–Trinajstić information content (AvgIpc) is 2.59. The fourth-order valence-corrected chi connectivity index (χ4v) is 3.80. The molecule has 0 fully saturated rings. The van der Waals surface area contributed by atoms with Crippen LogP contribution >= 0.6 is 43.5 Å². The smallest absolute Gasteiger partial charge is 0.266 e. The summed E-state index contributed by atoms with van der Waals surface area (Å²) in [5.41, 5.74) is 2.08. The number of nitrogens with one attached hydrogen (secondary N) is 1. The largest absolute Gasteiger partial charge is 0.492 e. The zero-order chi connectivity index (χ0) is 19.3. The van der Waals surface area contributed by atoms with Crippen LogP contribution in [0.15, 0.2) is 44.9 Å². The minimum Gasteiger partial charge on any atom is -0.492 e. The van der Waals surface area contributed by atoms with Gasteiger partial charge in [0.1, 0.15) is 17.4 Å². The van der Waals surface area contributed by atoms with E-state index in [1.54, 1.807) is 30.3 Å². The summed E-state index contributed by atoms with van der Waals surface area (Å²) in [6, 6.07) is 10.7. The molecule has 0 unspecified atom stereocenters. The first-order valence-electron chi connectivity index (χ1n) is 7.66. The molecule has 1 N–H and O–H groups in total. The van der Waals surface area contributed by atoms with E-state index < -0.39 is 5.91 Å². The minimum absolute atomic E-state index is 0.0210. The number of rotatable bonds is 5. The quantitative estimate of drug-likeness (QED) is 0.399. The fourth-order valence-electron chi connectivity index (χ4n) is 2.18. The van der Waals surface area contributed by atoms with Crippen LogP contribution in [0.25, 0.3) is 6.08 Å². The van der Waals surface area contributed by atoms with E-state index in [1.165, 1.54) is 6.08 Å². The van der Waals surface area contributed by atoms with Crippen molar-refractivity contribution in [1.29, 1.82) is 5.26 Å². The molecule has 0 spiro atoms. The maximum absolute atomic E-state index is 12.5. The molecular weight excluding hydrogens is 483 g/mol. The predicted octanol–water partition coefficient (Wildman–Crippen LogP) is 6.12. The topological polar surface area (TPSA) is 62.1 Å². The van der Waals surface area contributed by atoms with Gasteiger partial charge < -0.3 is 10.1 Å². The second-order valence-corrected chi connectivity index (χ2v) is 7.47. The summed E-state index contributed by atoms with van der Waals surface area (Å²) in [6.07, 6.45) is 1.51. The Morgan fingerprint density at radius 1 is 1.31 bits per heavy atom. The van der Waals surface area contributed by atoms with E-state index in [2.05, 4.69) is 37.2 Å². The van der Waals surface area contributed by atoms with Gasteiger partial charge in [0.05, 0.1) is 15.6 Å². The number of carbonyl (C=O) groups is 1. The molecule has 0 aliphatic rings. The lowest BCUT2D eigenvalue weighted by atomic mass is 10.1. The first-order valence-corrected chi connectivity index (χ1v) is 9.63. The second-order valence-electron chi connectivity index (χ2n) is 5.33. The van der Waals surface area contributed by atoms with Crippen LogP contribution < -0.4 is 10.1 Å². The van der Waals surface area contributed by atoms with E-state index in [9.17, 15) is 10.1 Å². The van der Waals surface area contributed by atoms with Gasteiger partial charge in [-0.15, -0.1) is 0 Å². The Labute approximate surface area is 174 Å². The molecule has 2 aromatic rings. The lowest BCUT2D eigenvalue weighted by Gasteiger charge is -2.10. The molecule has 0 aliphatic heterocycles. The molecule has 0 heterocycles. The summed E-state index contributed by atoms with van der Waals surface area (Å²) < 4.78 is 6.98. The zero-order valence-electron chi connectivity index (χ0n) is 14.1. The number of benzene rings is 2. The van der Waals surface area contributed by atoms with Crippen LogP contribution in [0.1, 0.15) is 18.1 Å². The molecule has 0 aromatic heterocycles. The van der Waals surface area contributed by atoms with Crippen molar-refractivity contribution in [1.82, 2.24) is 0 Å². The SMILES string of the molecule is CCOc1c(Br)cc(/C=C(\C#N)C(=O)Nc2cc(Cl)ccc2C)cc1Br. The summed E-state index contributed by atoms with van der Waals surface area (Å²) in [5, 5.41) is 12.6. The predicted molar refractivity (Wildman–Crippen MR) is 111 cm³/mol. The lowest BCUT2D eigenvalue weighted by molar-refractivity contribution is -0.112. The maximum atomic E-state index is 12.5. The van der Waals surface area contributed by atoms with E-state index in [4.69, 9.17) is 16.3 Å². The van der Waals surface area contributed by atoms with Gasteiger partial charge in [0.2, 0.25) is 0 Å². The average molecular weight is 499 g/mol. The molecule has 4 nitrogen and oxygen atoms in total. The highest BCUT2D eigenvalue weighted by Gasteiger charge is 2.13. The van der Waals surface area contributed by atoms with Gasteiger partial charge in [-0.1, -0.05) is 17.7 Å². The first kappa shape index (κ1) is 20.5. The van der Waals surface area contributed by atoms with Crippen LogP contribution in [-0.4, -0.2) is 12.5 Å². The van der Waals surface area contributed by atoms with E-state index in [0.717, 1.165) is 14.5 Å². The molecule has 0 radical (unpaired) electrons. The molecule has 0 bridgehead atoms. The third-order valence-electron chi connectivity index (χ3n) is 3.43. The number of hydrogen-bond donors (Lipinski definition) is 1. The van der Waals surface area contributed by atoms with Crippen LogP contribution in [0, 0.1) is 18.3 Å². The number of halogens is 3. The highest BCUT2D eigenvalue weighted by atomic mass is 79.9. The summed E-state index contributed by atoms with van der Waals surface area (Å²) in [4.78, 5) is 12.5. The van der Waals surface area contributed by atoms with E-state index in [0.29, 0.717) is 28.6 Å². The van der Waals surface area contributed by atoms with Crippen molar-refractivity contribution in [3.63, 3.8) is 0 Å². The molecule has 26 heavy (non-hydrogen) atoms. The molecular formula is C19H15Br2ClN2O2. The number of carbonyl (C=O) groups excluding carboxylic acids is 1. The summed E-state index contributed by atoms with van der Waals surface area (Å²) in [5.74, 6) is 0.168. The van der Waals surface area contributed by atoms with Crippen molar-refractivity contribution in [2.75, 3.05) is 11.9 Å². The molecule has 0 saturated carbocycles. The standard InChI is InChI=1S/C19H15Br2ClN2O2/c1-3-26-18-15(20)7-12(8-16(18)21)6-13(10-23)19(25)24-17-9-14(22)5-4-11(17)2/h4-9H,3H2,1-2H3,(H,24,25)/b13-6+. The Morgan fingerprint density at radius 2 is 1.96 bits per heavy atom. The number of ether oxygens (including phenoxy) is 1. The van der Waals surface area contributed by atoms with Crippen molar-refractivity contribution in [3.8, 4) is 11.8 Å². The fraction of sp³-hybridized carbons (Fsp3) is 0.158. The van der Waals surface area contributed by atoms with Gasteiger partial charge in [-0.25, -0.2) is 0 Å². The maximum Gasteiger partial charge on any atom is 0.266 e. The van der Waals surface area contributed by atoms with Crippen LogP contribution in [-0.2, 0) is 4.79 Å². The van der Waals surface area contributed by atoms with Gasteiger partial charge in [0.25, 0.3) is 5.91 Å². The van der Waals surface area contributed by atoms with Crippen molar-refractivity contribution in [2.45, 2.75) is 13.8 Å². The van der Waals surface area contributed by atoms with Gasteiger partial charge in [-0.05, 0) is 87.2 Å². The van der Waals surface area contributed by atoms with Gasteiger partial charge in [0, 0.05) is 10.7 Å². The Bertz CT molecular complexity index is 897. The Balaban J connectivity index is 2.31. The molecule has 2 aromatic carbocycles. The summed E-state index contributed by atoms with van der Waals surface area (Å²) in [6.45, 7) is 4.27. The molecule has 7 heteroatoms. The monoisotopic (exact) mass is 496 g/mol. The van der Waals surface area contributed by atoms with E-state index >= 15 is 0 Å².